The summed E-state index contributed by atoms with van der Waals surface area (Å²) in [6.45, 7) is 7.42. The summed E-state index contributed by atoms with van der Waals surface area (Å²) >= 11 is 6.38. The molecule has 0 atom stereocenters. The van der Waals surface area contributed by atoms with Crippen molar-refractivity contribution >= 4 is 17.5 Å². The fourth-order valence-corrected chi connectivity index (χ4v) is 5.53. The second kappa shape index (κ2) is 8.55. The molecule has 0 saturated carbocycles. The molecule has 1 saturated heterocycles. The van der Waals surface area contributed by atoms with E-state index in [0.29, 0.717) is 43.7 Å². The Balaban J connectivity index is 1.56. The van der Waals surface area contributed by atoms with E-state index < -0.39 is 17.4 Å². The SMILES string of the molecule is Cc1cc(C(=O)N2CCC3(CC2)c2c(Cl)cc(C(F)(F)F)n2CCN3C)ccc1OC(C)C. The molecular formula is C24H29ClF3N3O2. The number of amides is 1. The van der Waals surface area contributed by atoms with Crippen molar-refractivity contribution in [1.29, 1.82) is 0 Å². The van der Waals surface area contributed by atoms with E-state index >= 15 is 0 Å². The largest absolute Gasteiger partial charge is 0.491 e. The number of fused-ring (bicyclic) bond motifs is 2. The van der Waals surface area contributed by atoms with Crippen molar-refractivity contribution in [3.8, 4) is 5.75 Å². The number of ether oxygens (including phenoxy) is 1. The number of halogens is 4. The fraction of sp³-hybridized carbons (Fsp3) is 0.542. The Bertz CT molecular complexity index is 1060. The van der Waals surface area contributed by atoms with Crippen molar-refractivity contribution in [2.45, 2.75) is 58.0 Å². The van der Waals surface area contributed by atoms with E-state index in [1.165, 1.54) is 4.57 Å². The highest BCUT2D eigenvalue weighted by Crippen LogP contribution is 2.47. The lowest BCUT2D eigenvalue weighted by Crippen LogP contribution is -2.57. The zero-order valence-corrected chi connectivity index (χ0v) is 20.1. The van der Waals surface area contributed by atoms with Crippen molar-refractivity contribution in [1.82, 2.24) is 14.4 Å². The third kappa shape index (κ3) is 4.23. The number of benzene rings is 1. The fourth-order valence-electron chi connectivity index (χ4n) is 5.15. The number of nitrogens with zero attached hydrogens (tertiary/aromatic N) is 3. The van der Waals surface area contributed by atoms with E-state index in [4.69, 9.17) is 16.3 Å². The molecule has 5 nitrogen and oxygen atoms in total. The van der Waals surface area contributed by atoms with E-state index in [9.17, 15) is 18.0 Å². The van der Waals surface area contributed by atoms with Crippen LogP contribution in [-0.4, -0.2) is 53.1 Å². The number of rotatable bonds is 3. The average Bonchev–Trinajstić information content (AvgIpc) is 3.10. The molecule has 1 spiro atoms. The molecule has 2 aliphatic heterocycles. The number of aryl methyl sites for hydroxylation is 1. The van der Waals surface area contributed by atoms with Gasteiger partial charge in [0, 0.05) is 31.7 Å². The molecule has 0 bridgehead atoms. The monoisotopic (exact) mass is 483 g/mol. The van der Waals surface area contributed by atoms with Crippen LogP contribution in [0.2, 0.25) is 5.02 Å². The van der Waals surface area contributed by atoms with Gasteiger partial charge in [0.1, 0.15) is 11.4 Å². The number of hydrogen-bond acceptors (Lipinski definition) is 3. The van der Waals surface area contributed by atoms with Crippen molar-refractivity contribution in [3.63, 3.8) is 0 Å². The topological polar surface area (TPSA) is 37.7 Å². The van der Waals surface area contributed by atoms with Crippen LogP contribution in [0.1, 0.15) is 54.0 Å². The summed E-state index contributed by atoms with van der Waals surface area (Å²) in [6.07, 6.45) is -3.38. The molecule has 1 aromatic heterocycles. The van der Waals surface area contributed by atoms with E-state index in [1.54, 1.807) is 11.0 Å². The van der Waals surface area contributed by atoms with Crippen LogP contribution >= 0.6 is 11.6 Å². The van der Waals surface area contributed by atoms with Gasteiger partial charge in [-0.2, -0.15) is 13.2 Å². The van der Waals surface area contributed by atoms with Gasteiger partial charge in [-0.15, -0.1) is 0 Å². The maximum atomic E-state index is 13.6. The summed E-state index contributed by atoms with van der Waals surface area (Å²) in [5, 5.41) is 0.144. The molecule has 2 aromatic rings. The van der Waals surface area contributed by atoms with Gasteiger partial charge < -0.3 is 14.2 Å². The molecule has 4 rings (SSSR count). The highest BCUT2D eigenvalue weighted by atomic mass is 35.5. The van der Waals surface area contributed by atoms with Crippen molar-refractivity contribution < 1.29 is 22.7 Å². The lowest BCUT2D eigenvalue weighted by atomic mass is 9.81. The van der Waals surface area contributed by atoms with E-state index in [-0.39, 0.29) is 23.6 Å². The Kier molecular flexibility index (Phi) is 6.20. The predicted octanol–water partition coefficient (Wildman–Crippen LogP) is 5.33. The van der Waals surface area contributed by atoms with Crippen LogP contribution in [-0.2, 0) is 18.3 Å². The smallest absolute Gasteiger partial charge is 0.431 e. The molecule has 1 aromatic carbocycles. The number of hydrogen-bond donors (Lipinski definition) is 0. The molecule has 0 aliphatic carbocycles. The van der Waals surface area contributed by atoms with Gasteiger partial charge in [0.05, 0.1) is 22.4 Å². The van der Waals surface area contributed by atoms with Gasteiger partial charge in [0.2, 0.25) is 0 Å². The van der Waals surface area contributed by atoms with Gasteiger partial charge in [-0.3, -0.25) is 9.69 Å². The highest BCUT2D eigenvalue weighted by molar-refractivity contribution is 6.31. The van der Waals surface area contributed by atoms with Crippen LogP contribution in [0.15, 0.2) is 24.3 Å². The van der Waals surface area contributed by atoms with Gasteiger partial charge in [-0.1, -0.05) is 11.6 Å². The lowest BCUT2D eigenvalue weighted by molar-refractivity contribution is -0.144. The first-order valence-electron chi connectivity index (χ1n) is 11.2. The maximum Gasteiger partial charge on any atom is 0.431 e. The van der Waals surface area contributed by atoms with Gasteiger partial charge in [-0.05, 0) is 70.5 Å². The van der Waals surface area contributed by atoms with Crippen LogP contribution in [0.4, 0.5) is 13.2 Å². The average molecular weight is 484 g/mol. The minimum atomic E-state index is -4.46. The molecule has 3 heterocycles. The Morgan fingerprint density at radius 2 is 1.79 bits per heavy atom. The number of carbonyl (C=O) groups is 1. The van der Waals surface area contributed by atoms with Gasteiger partial charge in [-0.25, -0.2) is 0 Å². The Labute approximate surface area is 197 Å². The Morgan fingerprint density at radius 3 is 2.36 bits per heavy atom. The van der Waals surface area contributed by atoms with Crippen LogP contribution in [0, 0.1) is 6.92 Å². The number of piperidine rings is 1. The molecule has 0 N–H and O–H groups in total. The molecule has 180 valence electrons. The Morgan fingerprint density at radius 1 is 1.12 bits per heavy atom. The van der Waals surface area contributed by atoms with Crippen molar-refractivity contribution in [2.24, 2.45) is 0 Å². The molecule has 0 radical (unpaired) electrons. The van der Waals surface area contributed by atoms with Crippen LogP contribution in [0.5, 0.6) is 5.75 Å². The molecule has 1 fully saturated rings. The third-order valence-electron chi connectivity index (χ3n) is 6.83. The molecular weight excluding hydrogens is 455 g/mol. The van der Waals surface area contributed by atoms with Crippen molar-refractivity contribution in [2.75, 3.05) is 26.7 Å². The quantitative estimate of drug-likeness (QED) is 0.592. The zero-order valence-electron chi connectivity index (χ0n) is 19.3. The summed E-state index contributed by atoms with van der Waals surface area (Å²) in [7, 11) is 1.92. The highest BCUT2D eigenvalue weighted by Gasteiger charge is 2.49. The van der Waals surface area contributed by atoms with Gasteiger partial charge in [0.25, 0.3) is 5.91 Å². The number of likely N-dealkylation sites (N-methyl/N-ethyl adjacent to an activating group) is 1. The standard InChI is InChI=1S/C24H29ClF3N3O2/c1-15(2)33-19-6-5-17(13-16(19)3)22(32)30-9-7-23(8-10-30)21-18(25)14-20(24(26,27)28)31(21)12-11-29(23)4/h5-6,13-15H,7-12H2,1-4H3. The van der Waals surface area contributed by atoms with E-state index in [0.717, 1.165) is 17.4 Å². The summed E-state index contributed by atoms with van der Waals surface area (Å²) in [5.74, 6) is 0.666. The second-order valence-electron chi connectivity index (χ2n) is 9.27. The summed E-state index contributed by atoms with van der Waals surface area (Å²) in [4.78, 5) is 17.0. The summed E-state index contributed by atoms with van der Waals surface area (Å²) < 4.78 is 47.8. The van der Waals surface area contributed by atoms with E-state index in [2.05, 4.69) is 4.90 Å². The number of aromatic nitrogens is 1. The van der Waals surface area contributed by atoms with Crippen LogP contribution in [0.25, 0.3) is 0 Å². The molecule has 1 amide bonds. The van der Waals surface area contributed by atoms with Crippen LogP contribution < -0.4 is 4.74 Å². The predicted molar refractivity (Wildman–Crippen MR) is 121 cm³/mol. The minimum absolute atomic E-state index is 0.0413. The Hall–Kier alpha value is -2.19. The second-order valence-corrected chi connectivity index (χ2v) is 9.67. The van der Waals surface area contributed by atoms with E-state index in [1.807, 2.05) is 40.0 Å². The van der Waals surface area contributed by atoms with Crippen molar-refractivity contribution in [3.05, 3.63) is 51.8 Å². The number of likely N-dealkylation sites (tertiary alicyclic amines) is 1. The molecule has 33 heavy (non-hydrogen) atoms. The van der Waals surface area contributed by atoms with Gasteiger partial charge in [0.15, 0.2) is 0 Å². The first kappa shape index (κ1) is 24.0. The number of alkyl halides is 3. The molecule has 0 unspecified atom stereocenters. The van der Waals surface area contributed by atoms with Gasteiger partial charge >= 0.3 is 6.18 Å². The molecule has 2 aliphatic rings. The zero-order chi connectivity index (χ0) is 24.1. The lowest BCUT2D eigenvalue weighted by Gasteiger charge is -2.50. The van der Waals surface area contributed by atoms with Crippen LogP contribution in [0.3, 0.4) is 0 Å². The minimum Gasteiger partial charge on any atom is -0.491 e. The number of carbonyl (C=O) groups excluding carboxylic acids is 1. The third-order valence-corrected chi connectivity index (χ3v) is 7.12. The first-order chi connectivity index (χ1) is 15.4. The first-order valence-corrected chi connectivity index (χ1v) is 11.6. The summed E-state index contributed by atoms with van der Waals surface area (Å²) in [6, 6.07) is 6.45. The normalized spacial score (nSPS) is 18.6. The maximum absolute atomic E-state index is 13.6. The summed E-state index contributed by atoms with van der Waals surface area (Å²) in [5.41, 5.74) is 0.660. The molecule has 9 heteroatoms.